The first-order valence-corrected chi connectivity index (χ1v) is 39.4. The molecule has 0 radical (unpaired) electrons. The summed E-state index contributed by atoms with van der Waals surface area (Å²) in [4.78, 5) is 227. The van der Waals surface area contributed by atoms with E-state index in [9.17, 15) is 107 Å². The summed E-state index contributed by atoms with van der Waals surface area (Å²) >= 11 is 6.48. The fraction of sp³-hybridized carbons (Fsp3) is 0.618. The molecular weight excluding hydrogens is 1550 g/mol. The Balaban J connectivity index is 2.36. The predicted octanol–water partition coefficient (Wildman–Crippen LogP) is -7.70. The first-order valence-electron chi connectivity index (χ1n) is 36.0. The van der Waals surface area contributed by atoms with Crippen LogP contribution in [0, 0.1) is 5.92 Å². The van der Waals surface area contributed by atoms with Crippen LogP contribution in [-0.2, 0) is 89.6 Å². The number of aliphatic carboxylic acids is 3. The number of hydrogen-bond donors (Lipinski definition) is 25. The normalized spacial score (nSPS) is 15.4. The van der Waals surface area contributed by atoms with Crippen LogP contribution in [0.1, 0.15) is 110 Å². The van der Waals surface area contributed by atoms with E-state index in [4.69, 9.17) is 22.9 Å². The Labute approximate surface area is 666 Å². The summed E-state index contributed by atoms with van der Waals surface area (Å²) in [5.41, 5.74) is 23.4. The van der Waals surface area contributed by atoms with Crippen LogP contribution in [0.4, 0.5) is 0 Å². The van der Waals surface area contributed by atoms with Crippen LogP contribution >= 0.6 is 36.2 Å². The maximum Gasteiger partial charge on any atom is 0.327 e. The van der Waals surface area contributed by atoms with Crippen molar-refractivity contribution in [1.29, 1.82) is 0 Å². The molecular formula is C68H110N20O22S3. The molecule has 0 saturated carbocycles. The smallest absolute Gasteiger partial charge is 0.327 e. The molecule has 0 aliphatic rings. The number of aliphatic hydroxyl groups excluding tert-OH is 3. The Morgan fingerprint density at radius 1 is 0.496 bits per heavy atom. The minimum Gasteiger partial charge on any atom is -0.481 e. The van der Waals surface area contributed by atoms with E-state index in [0.29, 0.717) is 30.6 Å². The minimum atomic E-state index is -2.00. The SMILES string of the molecule is CSCC[C@H](NC(=O)[C@H](CCSC)NC(=O)[C@H](Cc1cnc[nH]1)NC(=O)[C@H](CCC(=O)O)NC(=O)[C@@H](N)CCCCN)C(=O)N[C@@H](CC(=O)O)C(=O)NCC(=O)N[C@H](C(=O)N[C@H](C(=O)N[C@H](C(=O)N[C@@H](CCCN=C(N)N)C(=O)N[C@H](C(=O)N[C@@H](Cc1ccccc1)C(=O)N[C@@H](CS)C(=O)O)[C@@H](C)O)[C@@H](C)O)[C@@H](C)O)C(C)C. The van der Waals surface area contributed by atoms with Gasteiger partial charge in [-0.25, -0.2) is 9.78 Å². The average Bonchev–Trinajstić information content (AvgIpc) is 1.18. The molecule has 28 N–H and O–H groups in total. The zero-order chi connectivity index (χ0) is 85.2. The van der Waals surface area contributed by atoms with Gasteiger partial charge in [-0.15, -0.1) is 0 Å². The Morgan fingerprint density at radius 2 is 0.929 bits per heavy atom. The van der Waals surface area contributed by atoms with Crippen molar-refractivity contribution in [2.24, 2.45) is 33.8 Å². The molecule has 0 aliphatic heterocycles. The average molecular weight is 1660 g/mol. The molecule has 2 aromatic rings. The number of carbonyl (C=O) groups excluding carboxylic acids is 13. The Kier molecular flexibility index (Phi) is 46.0. The number of aliphatic imine (C=N–C) groups is 1. The van der Waals surface area contributed by atoms with Gasteiger partial charge in [-0.05, 0) is 108 Å². The highest BCUT2D eigenvalue weighted by Crippen LogP contribution is 2.14. The number of unbranched alkanes of at least 4 members (excludes halogenated alkanes) is 1. The number of rotatable bonds is 55. The minimum absolute atomic E-state index is 0.0508. The summed E-state index contributed by atoms with van der Waals surface area (Å²) in [5, 5.41) is 92.5. The van der Waals surface area contributed by atoms with Gasteiger partial charge in [-0.1, -0.05) is 50.6 Å². The van der Waals surface area contributed by atoms with Gasteiger partial charge in [0.05, 0.1) is 43.6 Å². The molecule has 113 heavy (non-hydrogen) atoms. The number of hydrogen-bond acceptors (Lipinski definition) is 26. The standard InChI is InChI=1S/C68H110N20O22S3/c1-33(2)51(63(105)87-54(36(5)91)66(108)88-53(35(4)90)64(106)80-40(17-13-23-74-68(71)72)60(102)86-52(34(3)89)65(107)83-44(26-37-14-9-8-10-15-37)61(103)84-47(31-111)67(109)110)85-48(92)30-75-56(98)46(28-50(95)96)82-59(101)43(21-25-113-7)78-58(100)42(20-24-112-6)79-62(104)45(27-38-29-73-32-76-38)81-57(99)41(18-19-49(93)94)77-55(97)39(70)16-11-12-22-69/h8-10,14-15,29,32-36,39-47,51-54,89-91,111H,11-13,16-28,30-31,69-70H2,1-7H3,(H,73,76)(H,75,98)(H,77,97)(H,78,100)(H,79,104)(H,80,106)(H,81,99)(H,82,101)(H,83,107)(H,84,103)(H,85,92)(H,86,102)(H,87,105)(H,88,108)(H,93,94)(H,95,96)(H,109,110)(H4,71,72,74)/t34-,35-,36-,39+,40+,41+,42+,43+,44+,45+,46+,47+,51+,52+,53+,54+/m1/s1. The van der Waals surface area contributed by atoms with E-state index in [1.54, 1.807) is 42.8 Å². The lowest BCUT2D eigenvalue weighted by atomic mass is 10.0. The van der Waals surface area contributed by atoms with Crippen LogP contribution in [0.2, 0.25) is 0 Å². The summed E-state index contributed by atoms with van der Waals surface area (Å²) in [6.07, 6.45) is -1.20. The Bertz CT molecular complexity index is 3510. The molecule has 0 spiro atoms. The number of nitrogens with zero attached hydrogens (tertiary/aromatic N) is 2. The van der Waals surface area contributed by atoms with E-state index in [2.05, 4.69) is 96.7 Å². The quantitative estimate of drug-likeness (QED) is 0.0127. The highest BCUT2D eigenvalue weighted by molar-refractivity contribution is 7.98. The van der Waals surface area contributed by atoms with Crippen LogP contribution in [-0.4, -0.2) is 288 Å². The lowest BCUT2D eigenvalue weighted by Crippen LogP contribution is -2.64. The van der Waals surface area contributed by atoms with Gasteiger partial charge in [0.25, 0.3) is 0 Å². The summed E-state index contributed by atoms with van der Waals surface area (Å²) in [5.74, 6) is -19.5. The van der Waals surface area contributed by atoms with E-state index in [1.807, 2.05) is 0 Å². The number of amides is 13. The zero-order valence-electron chi connectivity index (χ0n) is 63.8. The third-order valence-electron chi connectivity index (χ3n) is 16.9. The van der Waals surface area contributed by atoms with Crippen molar-refractivity contribution in [3.63, 3.8) is 0 Å². The number of nitrogens with one attached hydrogen (secondary N) is 14. The molecule has 632 valence electrons. The number of H-pyrrole nitrogens is 1. The molecule has 45 heteroatoms. The number of thiol groups is 1. The van der Waals surface area contributed by atoms with Gasteiger partial charge in [0.2, 0.25) is 76.8 Å². The lowest BCUT2D eigenvalue weighted by molar-refractivity contribution is -0.142. The van der Waals surface area contributed by atoms with Crippen molar-refractivity contribution in [2.75, 3.05) is 49.4 Å². The molecule has 42 nitrogen and oxygen atoms in total. The number of nitrogens with two attached hydrogens (primary N) is 4. The monoisotopic (exact) mass is 1650 g/mol. The molecule has 0 bridgehead atoms. The largest absolute Gasteiger partial charge is 0.481 e. The van der Waals surface area contributed by atoms with Crippen LogP contribution in [0.3, 0.4) is 0 Å². The van der Waals surface area contributed by atoms with Gasteiger partial charge in [-0.2, -0.15) is 36.2 Å². The number of aromatic amines is 1. The molecule has 0 saturated heterocycles. The third-order valence-corrected chi connectivity index (χ3v) is 18.5. The highest BCUT2D eigenvalue weighted by atomic mass is 32.2. The number of imidazole rings is 1. The van der Waals surface area contributed by atoms with Crippen LogP contribution in [0.5, 0.6) is 0 Å². The van der Waals surface area contributed by atoms with Crippen LogP contribution in [0.15, 0.2) is 47.8 Å². The van der Waals surface area contributed by atoms with Gasteiger partial charge in [0, 0.05) is 43.5 Å². The van der Waals surface area contributed by atoms with Gasteiger partial charge >= 0.3 is 17.9 Å². The van der Waals surface area contributed by atoms with Crippen LogP contribution < -0.4 is 92.1 Å². The van der Waals surface area contributed by atoms with Gasteiger partial charge in [0.15, 0.2) is 5.96 Å². The molecule has 2 rings (SSSR count). The second kappa shape index (κ2) is 52.4. The maximum absolute atomic E-state index is 14.3. The summed E-state index contributed by atoms with van der Waals surface area (Å²) in [6.45, 7) is 5.34. The van der Waals surface area contributed by atoms with E-state index in [-0.39, 0.29) is 74.7 Å². The first-order chi connectivity index (χ1) is 53.3. The molecule has 0 aliphatic carbocycles. The predicted molar refractivity (Wildman–Crippen MR) is 416 cm³/mol. The van der Waals surface area contributed by atoms with Crippen molar-refractivity contribution in [2.45, 2.75) is 209 Å². The number of thioether (sulfide) groups is 2. The number of aliphatic hydroxyl groups is 3. The summed E-state index contributed by atoms with van der Waals surface area (Å²) < 4.78 is 0. The maximum atomic E-state index is 14.3. The second-order valence-corrected chi connectivity index (χ2v) is 28.9. The van der Waals surface area contributed by atoms with Gasteiger partial charge in [0.1, 0.15) is 72.5 Å². The Hall–Kier alpha value is -9.93. The first kappa shape index (κ1) is 99.1. The number of guanidine groups is 1. The summed E-state index contributed by atoms with van der Waals surface area (Å²) in [7, 11) is 0. The fourth-order valence-electron chi connectivity index (χ4n) is 10.6. The number of benzene rings is 1. The molecule has 1 aromatic carbocycles. The van der Waals surface area contributed by atoms with E-state index < -0.39 is 223 Å². The molecule has 1 heterocycles. The number of carboxylic acids is 3. The number of carbonyl (C=O) groups is 16. The van der Waals surface area contributed by atoms with Gasteiger partial charge in [-0.3, -0.25) is 76.9 Å². The highest BCUT2D eigenvalue weighted by Gasteiger charge is 2.40. The van der Waals surface area contributed by atoms with E-state index in [0.717, 1.165) is 20.8 Å². The van der Waals surface area contributed by atoms with E-state index in [1.165, 1.54) is 49.9 Å². The second-order valence-electron chi connectivity index (χ2n) is 26.6. The summed E-state index contributed by atoms with van der Waals surface area (Å²) in [6, 6.07) is -12.9. The number of aromatic nitrogens is 2. The van der Waals surface area contributed by atoms with Crippen molar-refractivity contribution in [1.82, 2.24) is 79.1 Å². The van der Waals surface area contributed by atoms with Gasteiger partial charge < -0.3 is 128 Å². The third kappa shape index (κ3) is 37.5. The zero-order valence-corrected chi connectivity index (χ0v) is 66.3. The lowest BCUT2D eigenvalue weighted by Gasteiger charge is -2.30. The molecule has 13 amide bonds. The fourth-order valence-corrected chi connectivity index (χ4v) is 11.8. The van der Waals surface area contributed by atoms with Crippen molar-refractivity contribution < 1.29 is 107 Å². The van der Waals surface area contributed by atoms with Crippen molar-refractivity contribution >= 4 is 137 Å². The Morgan fingerprint density at radius 3 is 1.39 bits per heavy atom. The molecule has 0 unspecified atom stereocenters. The molecule has 16 atom stereocenters. The van der Waals surface area contributed by atoms with E-state index >= 15 is 0 Å². The number of carboxylic acid groups (broad SMARTS) is 3. The van der Waals surface area contributed by atoms with Crippen molar-refractivity contribution in [3.8, 4) is 0 Å². The van der Waals surface area contributed by atoms with Crippen LogP contribution in [0.25, 0.3) is 0 Å². The topological polar surface area (TPSA) is 696 Å². The molecule has 1 aromatic heterocycles. The van der Waals surface area contributed by atoms with Crippen molar-refractivity contribution in [3.05, 3.63) is 54.1 Å². The molecule has 0 fully saturated rings.